The average Bonchev–Trinajstić information content (AvgIpc) is 2.63. The third kappa shape index (κ3) is 1.86. The monoisotopic (exact) mass is 300 g/mol. The first-order valence-electron chi connectivity index (χ1n) is 5.02. The molecule has 18 heavy (non-hydrogen) atoms. The quantitative estimate of drug-likeness (QED) is 0.634. The van der Waals surface area contributed by atoms with Crippen LogP contribution in [-0.4, -0.2) is 8.42 Å². The summed E-state index contributed by atoms with van der Waals surface area (Å²) in [6.07, 6.45) is 0. The molecule has 0 N–H and O–H groups in total. The number of hydrogen-bond acceptors (Lipinski definition) is 3. The second-order valence-corrected chi connectivity index (χ2v) is 6.84. The zero-order valence-electron chi connectivity index (χ0n) is 8.85. The van der Waals surface area contributed by atoms with E-state index >= 15 is 0 Å². The van der Waals surface area contributed by atoms with Gasteiger partial charge in [0.05, 0.1) is 4.90 Å². The van der Waals surface area contributed by atoms with Gasteiger partial charge in [-0.15, -0.1) is 0 Å². The molecule has 3 aromatic rings. The molecule has 1 aromatic heterocycles. The Hall–Kier alpha value is -1.23. The molecule has 92 valence electrons. The predicted octanol–water partition coefficient (Wildman–Crippen LogP) is 4.17. The highest BCUT2D eigenvalue weighted by atomic mass is 35.7. The summed E-state index contributed by atoms with van der Waals surface area (Å²) in [5, 5.41) is 2.06. The Kier molecular flexibility index (Phi) is 2.55. The molecule has 0 unspecified atom stereocenters. The zero-order valence-corrected chi connectivity index (χ0v) is 11.2. The summed E-state index contributed by atoms with van der Waals surface area (Å²) < 4.78 is 28.2. The molecule has 2 aromatic carbocycles. The summed E-state index contributed by atoms with van der Waals surface area (Å²) in [4.78, 5) is 0.0503. The van der Waals surface area contributed by atoms with Crippen LogP contribution < -0.4 is 0 Å². The molecular formula is C12H6Cl2O3S. The van der Waals surface area contributed by atoms with Gasteiger partial charge in [-0.1, -0.05) is 11.6 Å². The van der Waals surface area contributed by atoms with Crippen LogP contribution in [0.4, 0.5) is 0 Å². The maximum absolute atomic E-state index is 11.3. The molecule has 0 aliphatic rings. The van der Waals surface area contributed by atoms with E-state index in [1.165, 1.54) is 12.1 Å². The van der Waals surface area contributed by atoms with Gasteiger partial charge in [-0.25, -0.2) is 8.42 Å². The second kappa shape index (κ2) is 3.88. The van der Waals surface area contributed by atoms with Gasteiger partial charge in [0.2, 0.25) is 0 Å². The predicted molar refractivity (Wildman–Crippen MR) is 71.8 cm³/mol. The molecule has 1 heterocycles. The van der Waals surface area contributed by atoms with E-state index in [1.54, 1.807) is 24.3 Å². The Morgan fingerprint density at radius 3 is 2.44 bits per heavy atom. The summed E-state index contributed by atoms with van der Waals surface area (Å²) in [6.45, 7) is 0. The van der Waals surface area contributed by atoms with Gasteiger partial charge in [0, 0.05) is 32.5 Å². The molecule has 3 nitrogen and oxygen atoms in total. The standard InChI is InChI=1S/C12H6Cl2O3S/c13-7-1-3-9-10-6-8(18(14,15)16)2-4-11(10)17-12(9)5-7/h1-6H. The van der Waals surface area contributed by atoms with Crippen molar-refractivity contribution in [2.24, 2.45) is 0 Å². The van der Waals surface area contributed by atoms with E-state index in [2.05, 4.69) is 0 Å². The SMILES string of the molecule is O=S(=O)(Cl)c1ccc2oc3cc(Cl)ccc3c2c1. The molecule has 6 heteroatoms. The molecule has 0 saturated carbocycles. The lowest BCUT2D eigenvalue weighted by atomic mass is 10.1. The van der Waals surface area contributed by atoms with E-state index in [9.17, 15) is 8.42 Å². The summed E-state index contributed by atoms with van der Waals surface area (Å²) in [7, 11) is 1.58. The number of fused-ring (bicyclic) bond motifs is 3. The highest BCUT2D eigenvalue weighted by Crippen LogP contribution is 2.32. The fourth-order valence-corrected chi connectivity index (χ4v) is 2.82. The third-order valence-corrected chi connectivity index (χ3v) is 4.27. The highest BCUT2D eigenvalue weighted by molar-refractivity contribution is 8.13. The van der Waals surface area contributed by atoms with E-state index in [0.29, 0.717) is 21.6 Å². The maximum atomic E-state index is 11.3. The zero-order chi connectivity index (χ0) is 12.9. The van der Waals surface area contributed by atoms with Crippen LogP contribution >= 0.6 is 22.3 Å². The molecular weight excluding hydrogens is 295 g/mol. The molecule has 0 fully saturated rings. The smallest absolute Gasteiger partial charge is 0.261 e. The second-order valence-electron chi connectivity index (χ2n) is 3.84. The fourth-order valence-electron chi connectivity index (χ4n) is 1.88. The highest BCUT2D eigenvalue weighted by Gasteiger charge is 2.14. The number of benzene rings is 2. The van der Waals surface area contributed by atoms with Crippen LogP contribution in [0.2, 0.25) is 5.02 Å². The number of halogens is 2. The van der Waals surface area contributed by atoms with Crippen molar-refractivity contribution in [1.82, 2.24) is 0 Å². The van der Waals surface area contributed by atoms with Gasteiger partial charge in [-0.05, 0) is 30.3 Å². The van der Waals surface area contributed by atoms with Crippen LogP contribution in [0.3, 0.4) is 0 Å². The van der Waals surface area contributed by atoms with Crippen LogP contribution in [0.25, 0.3) is 21.9 Å². The maximum Gasteiger partial charge on any atom is 0.261 e. The Bertz CT molecular complexity index is 866. The van der Waals surface area contributed by atoms with Gasteiger partial charge >= 0.3 is 0 Å². The Morgan fingerprint density at radius 1 is 0.944 bits per heavy atom. The van der Waals surface area contributed by atoms with Crippen molar-refractivity contribution in [1.29, 1.82) is 0 Å². The first-order chi connectivity index (χ1) is 8.45. The van der Waals surface area contributed by atoms with Crippen LogP contribution in [0.5, 0.6) is 0 Å². The van der Waals surface area contributed by atoms with Crippen LogP contribution in [0.15, 0.2) is 45.7 Å². The number of rotatable bonds is 1. The van der Waals surface area contributed by atoms with Crippen LogP contribution in [0, 0.1) is 0 Å². The normalized spacial score (nSPS) is 12.3. The first-order valence-corrected chi connectivity index (χ1v) is 7.70. The van der Waals surface area contributed by atoms with E-state index in [4.69, 9.17) is 26.7 Å². The Balaban J connectivity index is 2.43. The first kappa shape index (κ1) is 11.8. The molecule has 0 radical (unpaired) electrons. The van der Waals surface area contributed by atoms with E-state index < -0.39 is 9.05 Å². The fraction of sp³-hybridized carbons (Fsp3) is 0. The lowest BCUT2D eigenvalue weighted by Crippen LogP contribution is -1.88. The van der Waals surface area contributed by atoms with Crippen molar-refractivity contribution in [3.63, 3.8) is 0 Å². The largest absolute Gasteiger partial charge is 0.456 e. The van der Waals surface area contributed by atoms with Crippen LogP contribution in [0.1, 0.15) is 0 Å². The van der Waals surface area contributed by atoms with Gasteiger partial charge in [-0.3, -0.25) is 0 Å². The van der Waals surface area contributed by atoms with Crippen molar-refractivity contribution < 1.29 is 12.8 Å². The minimum absolute atomic E-state index is 0.0503. The number of furan rings is 1. The van der Waals surface area contributed by atoms with Crippen LogP contribution in [-0.2, 0) is 9.05 Å². The van der Waals surface area contributed by atoms with Crippen molar-refractivity contribution in [2.75, 3.05) is 0 Å². The summed E-state index contributed by atoms with van der Waals surface area (Å²) in [5.74, 6) is 0. The van der Waals surface area contributed by atoms with Gasteiger partial charge in [-0.2, -0.15) is 0 Å². The minimum atomic E-state index is -3.74. The van der Waals surface area contributed by atoms with Gasteiger partial charge in [0.25, 0.3) is 9.05 Å². The van der Waals surface area contributed by atoms with Gasteiger partial charge in [0.1, 0.15) is 11.2 Å². The topological polar surface area (TPSA) is 47.3 Å². The molecule has 0 aliphatic heterocycles. The van der Waals surface area contributed by atoms with Crippen molar-refractivity contribution in [3.05, 3.63) is 41.4 Å². The molecule has 0 amide bonds. The van der Waals surface area contributed by atoms with Crippen molar-refractivity contribution in [2.45, 2.75) is 4.90 Å². The van der Waals surface area contributed by atoms with Gasteiger partial charge in [0.15, 0.2) is 0 Å². The molecule has 0 saturated heterocycles. The summed E-state index contributed by atoms with van der Waals surface area (Å²) in [5.41, 5.74) is 1.21. The average molecular weight is 301 g/mol. The Morgan fingerprint density at radius 2 is 1.72 bits per heavy atom. The molecule has 0 atom stereocenters. The minimum Gasteiger partial charge on any atom is -0.456 e. The van der Waals surface area contributed by atoms with Gasteiger partial charge < -0.3 is 4.42 Å². The Labute approximate surface area is 112 Å². The van der Waals surface area contributed by atoms with E-state index in [-0.39, 0.29) is 4.90 Å². The number of hydrogen-bond donors (Lipinski definition) is 0. The summed E-state index contributed by atoms with van der Waals surface area (Å²) in [6, 6.07) is 9.69. The molecule has 3 rings (SSSR count). The van der Waals surface area contributed by atoms with Crippen molar-refractivity contribution >= 4 is 53.3 Å². The van der Waals surface area contributed by atoms with Crippen molar-refractivity contribution in [3.8, 4) is 0 Å². The molecule has 0 bridgehead atoms. The third-order valence-electron chi connectivity index (χ3n) is 2.69. The lowest BCUT2D eigenvalue weighted by Gasteiger charge is -1.95. The molecule has 0 aliphatic carbocycles. The van der Waals surface area contributed by atoms with E-state index in [0.717, 1.165) is 5.39 Å². The lowest BCUT2D eigenvalue weighted by molar-refractivity contribution is 0.609. The van der Waals surface area contributed by atoms with E-state index in [1.807, 2.05) is 0 Å². The summed E-state index contributed by atoms with van der Waals surface area (Å²) >= 11 is 5.87. The molecule has 0 spiro atoms.